The number of rotatable bonds is 2. The average molecular weight is 293 g/mol. The van der Waals surface area contributed by atoms with Crippen LogP contribution < -0.4 is 5.73 Å². The number of nitrogens with two attached hydrogens (primary N) is 1. The molecule has 0 radical (unpaired) electrons. The van der Waals surface area contributed by atoms with Crippen LogP contribution in [0.5, 0.6) is 0 Å². The van der Waals surface area contributed by atoms with E-state index >= 15 is 0 Å². The lowest BCUT2D eigenvalue weighted by Gasteiger charge is -2.33. The molecule has 2 aromatic rings. The SMILES string of the molecule is CC1CCC(N)(c2noc(-c3c(F)cccc3F)n2)CC1. The van der Waals surface area contributed by atoms with Crippen molar-refractivity contribution < 1.29 is 13.3 Å². The first kappa shape index (κ1) is 14.1. The topological polar surface area (TPSA) is 64.9 Å². The summed E-state index contributed by atoms with van der Waals surface area (Å²) in [7, 11) is 0. The Morgan fingerprint density at radius 1 is 1.24 bits per heavy atom. The van der Waals surface area contributed by atoms with E-state index in [4.69, 9.17) is 10.3 Å². The Bertz CT molecular complexity index is 628. The zero-order chi connectivity index (χ0) is 15.0. The molecule has 1 aromatic heterocycles. The van der Waals surface area contributed by atoms with Gasteiger partial charge in [-0.05, 0) is 43.7 Å². The van der Waals surface area contributed by atoms with Gasteiger partial charge in [0.05, 0.1) is 5.54 Å². The lowest BCUT2D eigenvalue weighted by molar-refractivity contribution is 0.230. The van der Waals surface area contributed by atoms with Crippen molar-refractivity contribution in [2.45, 2.75) is 38.1 Å². The Hall–Kier alpha value is -1.82. The van der Waals surface area contributed by atoms with E-state index in [-0.39, 0.29) is 11.5 Å². The van der Waals surface area contributed by atoms with Crippen LogP contribution in [0.1, 0.15) is 38.4 Å². The predicted octanol–water partition coefficient (Wildman–Crippen LogP) is 3.38. The molecule has 21 heavy (non-hydrogen) atoms. The molecule has 2 N–H and O–H groups in total. The second-order valence-corrected chi connectivity index (χ2v) is 5.86. The van der Waals surface area contributed by atoms with Gasteiger partial charge in [-0.1, -0.05) is 18.1 Å². The predicted molar refractivity (Wildman–Crippen MR) is 73.1 cm³/mol. The zero-order valence-corrected chi connectivity index (χ0v) is 11.8. The Morgan fingerprint density at radius 2 is 1.86 bits per heavy atom. The molecule has 0 unspecified atom stereocenters. The highest BCUT2D eigenvalue weighted by Crippen LogP contribution is 2.37. The first-order valence-corrected chi connectivity index (χ1v) is 7.07. The number of benzene rings is 1. The van der Waals surface area contributed by atoms with Gasteiger partial charge >= 0.3 is 0 Å². The number of hydrogen-bond donors (Lipinski definition) is 1. The molecule has 0 saturated heterocycles. The molecule has 0 spiro atoms. The fourth-order valence-corrected chi connectivity index (χ4v) is 2.73. The quantitative estimate of drug-likeness (QED) is 0.922. The summed E-state index contributed by atoms with van der Waals surface area (Å²) < 4.78 is 32.5. The normalized spacial score (nSPS) is 26.0. The van der Waals surface area contributed by atoms with Gasteiger partial charge < -0.3 is 10.3 Å². The van der Waals surface area contributed by atoms with Crippen molar-refractivity contribution in [1.82, 2.24) is 10.1 Å². The van der Waals surface area contributed by atoms with Crippen LogP contribution in [-0.2, 0) is 5.54 Å². The number of aromatic nitrogens is 2. The van der Waals surface area contributed by atoms with Gasteiger partial charge in [0.2, 0.25) is 0 Å². The summed E-state index contributed by atoms with van der Waals surface area (Å²) in [4.78, 5) is 4.14. The van der Waals surface area contributed by atoms with Gasteiger partial charge in [0.1, 0.15) is 17.2 Å². The highest BCUT2D eigenvalue weighted by atomic mass is 19.1. The Labute approximate surface area is 121 Å². The van der Waals surface area contributed by atoms with Gasteiger partial charge in [-0.25, -0.2) is 8.78 Å². The van der Waals surface area contributed by atoms with Gasteiger partial charge in [-0.2, -0.15) is 4.98 Å². The van der Waals surface area contributed by atoms with Crippen LogP contribution in [0.25, 0.3) is 11.5 Å². The van der Waals surface area contributed by atoms with Crippen LogP contribution in [-0.4, -0.2) is 10.1 Å². The fourth-order valence-electron chi connectivity index (χ4n) is 2.73. The van der Waals surface area contributed by atoms with Crippen LogP contribution in [0.3, 0.4) is 0 Å². The highest BCUT2D eigenvalue weighted by Gasteiger charge is 2.36. The third-order valence-electron chi connectivity index (χ3n) is 4.21. The lowest BCUT2D eigenvalue weighted by atomic mass is 9.77. The standard InChI is InChI=1S/C15H17F2N3O/c1-9-5-7-15(18,8-6-9)14-19-13(21-20-14)12-10(16)3-2-4-11(12)17/h2-4,9H,5-8,18H2,1H3. The molecule has 1 aliphatic carbocycles. The second kappa shape index (κ2) is 5.18. The van der Waals surface area contributed by atoms with Crippen LogP contribution in [0.4, 0.5) is 8.78 Å². The Balaban J connectivity index is 1.94. The van der Waals surface area contributed by atoms with Crippen molar-refractivity contribution in [2.75, 3.05) is 0 Å². The molecule has 0 aliphatic heterocycles. The molecule has 0 bridgehead atoms. The van der Waals surface area contributed by atoms with Crippen LogP contribution in [0, 0.1) is 17.6 Å². The molecule has 0 amide bonds. The lowest BCUT2D eigenvalue weighted by Crippen LogP contribution is -2.41. The number of nitrogens with zero attached hydrogens (tertiary/aromatic N) is 2. The first-order chi connectivity index (χ1) is 9.99. The van der Waals surface area contributed by atoms with Crippen molar-refractivity contribution in [3.8, 4) is 11.5 Å². The Kier molecular flexibility index (Phi) is 3.49. The maximum absolute atomic E-state index is 13.7. The summed E-state index contributed by atoms with van der Waals surface area (Å²) in [6.45, 7) is 2.18. The molecule has 1 heterocycles. The fraction of sp³-hybridized carbons (Fsp3) is 0.467. The summed E-state index contributed by atoms with van der Waals surface area (Å²) in [6, 6.07) is 3.60. The monoisotopic (exact) mass is 293 g/mol. The zero-order valence-electron chi connectivity index (χ0n) is 11.8. The van der Waals surface area contributed by atoms with Crippen molar-refractivity contribution in [2.24, 2.45) is 11.7 Å². The van der Waals surface area contributed by atoms with Gasteiger partial charge in [0.25, 0.3) is 5.89 Å². The second-order valence-electron chi connectivity index (χ2n) is 5.86. The van der Waals surface area contributed by atoms with Gasteiger partial charge in [0, 0.05) is 0 Å². The summed E-state index contributed by atoms with van der Waals surface area (Å²) in [5.74, 6) is -0.671. The number of hydrogen-bond acceptors (Lipinski definition) is 4. The average Bonchev–Trinajstić information content (AvgIpc) is 2.92. The summed E-state index contributed by atoms with van der Waals surface area (Å²) in [5.41, 5.74) is 5.37. The first-order valence-electron chi connectivity index (χ1n) is 7.07. The molecule has 1 fully saturated rings. The third-order valence-corrected chi connectivity index (χ3v) is 4.21. The molecule has 4 nitrogen and oxygen atoms in total. The van der Waals surface area contributed by atoms with Gasteiger partial charge in [-0.3, -0.25) is 0 Å². The maximum Gasteiger partial charge on any atom is 0.263 e. The minimum absolute atomic E-state index is 0.163. The summed E-state index contributed by atoms with van der Waals surface area (Å²) in [6.07, 6.45) is 3.45. The smallest absolute Gasteiger partial charge is 0.263 e. The van der Waals surface area contributed by atoms with E-state index in [2.05, 4.69) is 17.1 Å². The largest absolute Gasteiger partial charge is 0.334 e. The third kappa shape index (κ3) is 2.55. The minimum atomic E-state index is -0.728. The Morgan fingerprint density at radius 3 is 2.48 bits per heavy atom. The van der Waals surface area contributed by atoms with E-state index < -0.39 is 17.2 Å². The molecule has 1 aliphatic rings. The van der Waals surface area contributed by atoms with E-state index in [1.165, 1.54) is 6.07 Å². The van der Waals surface area contributed by atoms with E-state index in [0.29, 0.717) is 11.7 Å². The maximum atomic E-state index is 13.7. The molecule has 0 atom stereocenters. The molecular weight excluding hydrogens is 276 g/mol. The summed E-state index contributed by atoms with van der Waals surface area (Å²) >= 11 is 0. The van der Waals surface area contributed by atoms with E-state index in [1.807, 2.05) is 0 Å². The van der Waals surface area contributed by atoms with Crippen LogP contribution in [0.2, 0.25) is 0 Å². The van der Waals surface area contributed by atoms with E-state index in [0.717, 1.165) is 37.8 Å². The molecule has 1 saturated carbocycles. The van der Waals surface area contributed by atoms with E-state index in [9.17, 15) is 8.78 Å². The molecule has 3 rings (SSSR count). The number of halogens is 2. The van der Waals surface area contributed by atoms with Crippen molar-refractivity contribution in [3.05, 3.63) is 35.7 Å². The molecular formula is C15H17F2N3O. The van der Waals surface area contributed by atoms with Gasteiger partial charge in [-0.15, -0.1) is 0 Å². The van der Waals surface area contributed by atoms with Crippen LogP contribution >= 0.6 is 0 Å². The van der Waals surface area contributed by atoms with Crippen LogP contribution in [0.15, 0.2) is 22.7 Å². The molecule has 112 valence electrons. The van der Waals surface area contributed by atoms with Gasteiger partial charge in [0.15, 0.2) is 5.82 Å². The summed E-state index contributed by atoms with van der Waals surface area (Å²) in [5, 5.41) is 3.85. The molecule has 1 aromatic carbocycles. The van der Waals surface area contributed by atoms with E-state index in [1.54, 1.807) is 0 Å². The minimum Gasteiger partial charge on any atom is -0.334 e. The van der Waals surface area contributed by atoms with Crippen molar-refractivity contribution in [1.29, 1.82) is 0 Å². The molecule has 6 heteroatoms. The van der Waals surface area contributed by atoms with Crippen molar-refractivity contribution >= 4 is 0 Å². The highest BCUT2D eigenvalue weighted by molar-refractivity contribution is 5.54. The van der Waals surface area contributed by atoms with Crippen molar-refractivity contribution in [3.63, 3.8) is 0 Å².